The Hall–Kier alpha value is -0.0138. The summed E-state index contributed by atoms with van der Waals surface area (Å²) in [5, 5.41) is 0. The zero-order valence-electron chi connectivity index (χ0n) is 9.09. The van der Waals surface area contributed by atoms with Crippen molar-refractivity contribution < 1.29 is 0 Å². The molecule has 0 unspecified atom stereocenters. The molecule has 1 heteroatoms. The van der Waals surface area contributed by atoms with Gasteiger partial charge in [-0.3, -0.25) is 0 Å². The summed E-state index contributed by atoms with van der Waals surface area (Å²) in [7, 11) is 0. The van der Waals surface area contributed by atoms with Crippen LogP contribution in [0, 0.1) is 13.5 Å². The molecule has 0 saturated carbocycles. The summed E-state index contributed by atoms with van der Waals surface area (Å²) in [5.41, 5.74) is 0. The van der Waals surface area contributed by atoms with E-state index in [1.165, 1.54) is 0 Å². The SMILES string of the molecule is CC.CC.[CH3-].[Mg+2].[c-]1ccccc1. The third-order valence-corrected chi connectivity index (χ3v) is 0.607. The maximum atomic E-state index is 2.89. The molecule has 0 bridgehead atoms. The van der Waals surface area contributed by atoms with Gasteiger partial charge in [0.1, 0.15) is 0 Å². The van der Waals surface area contributed by atoms with Gasteiger partial charge in [-0.2, -0.15) is 36.4 Å². The van der Waals surface area contributed by atoms with Gasteiger partial charge >= 0.3 is 23.1 Å². The fourth-order valence-electron chi connectivity index (χ4n) is 0.342. The fraction of sp³-hybridized carbons (Fsp3) is 0.364. The molecule has 0 fully saturated rings. The number of benzene rings is 1. The van der Waals surface area contributed by atoms with E-state index in [1.54, 1.807) is 0 Å². The second-order valence-corrected chi connectivity index (χ2v) is 1.08. The van der Waals surface area contributed by atoms with E-state index in [4.69, 9.17) is 0 Å². The molecule has 0 radical (unpaired) electrons. The topological polar surface area (TPSA) is 0 Å². The zero-order valence-corrected chi connectivity index (χ0v) is 10.5. The maximum absolute atomic E-state index is 2.89. The molecule has 0 aromatic heterocycles. The Bertz CT molecular complexity index is 76.9. The summed E-state index contributed by atoms with van der Waals surface area (Å²) >= 11 is 0. The van der Waals surface area contributed by atoms with Crippen molar-refractivity contribution in [3.05, 3.63) is 43.8 Å². The van der Waals surface area contributed by atoms with Crippen LogP contribution in [0.5, 0.6) is 0 Å². The van der Waals surface area contributed by atoms with Crippen molar-refractivity contribution >= 4 is 23.1 Å². The molecule has 0 amide bonds. The van der Waals surface area contributed by atoms with Crippen LogP contribution in [0.15, 0.2) is 30.3 Å². The van der Waals surface area contributed by atoms with E-state index in [9.17, 15) is 0 Å². The molecule has 12 heavy (non-hydrogen) atoms. The molecule has 0 N–H and O–H groups in total. The molecule has 1 rings (SSSR count). The minimum absolute atomic E-state index is 0. The van der Waals surface area contributed by atoms with Crippen LogP contribution in [-0.2, 0) is 0 Å². The second kappa shape index (κ2) is 30.6. The summed E-state index contributed by atoms with van der Waals surface area (Å²) in [4.78, 5) is 0. The van der Waals surface area contributed by atoms with E-state index < -0.39 is 0 Å². The molecule has 0 heterocycles. The first-order valence-electron chi connectivity index (χ1n) is 3.91. The molecule has 0 saturated heterocycles. The summed E-state index contributed by atoms with van der Waals surface area (Å²) in [5.74, 6) is 0. The average molecular weight is 177 g/mol. The zero-order chi connectivity index (χ0) is 8.24. The molecule has 0 spiro atoms. The molecule has 0 atom stereocenters. The average Bonchev–Trinajstić information content (AvgIpc) is 2.14. The van der Waals surface area contributed by atoms with Gasteiger partial charge < -0.3 is 7.43 Å². The molecule has 0 aliphatic rings. The second-order valence-electron chi connectivity index (χ2n) is 1.08. The third kappa shape index (κ3) is 22.5. The maximum Gasteiger partial charge on any atom is 2.00 e. The van der Waals surface area contributed by atoms with E-state index in [0.29, 0.717) is 0 Å². The van der Waals surface area contributed by atoms with E-state index in [2.05, 4.69) is 6.07 Å². The van der Waals surface area contributed by atoms with Gasteiger partial charge in [-0.05, 0) is 0 Å². The van der Waals surface area contributed by atoms with Gasteiger partial charge in [0, 0.05) is 0 Å². The Morgan fingerprint density at radius 3 is 1.17 bits per heavy atom. The van der Waals surface area contributed by atoms with Gasteiger partial charge in [-0.1, -0.05) is 27.7 Å². The smallest absolute Gasteiger partial charge is 0.358 e. The summed E-state index contributed by atoms with van der Waals surface area (Å²) in [6.07, 6.45) is 0. The Morgan fingerprint density at radius 2 is 1.08 bits per heavy atom. The molecule has 1 aromatic rings. The van der Waals surface area contributed by atoms with Crippen LogP contribution in [0.1, 0.15) is 27.7 Å². The number of rotatable bonds is 0. The Kier molecular flexibility index (Phi) is 57.8. The largest absolute Gasteiger partial charge is 2.00 e. The van der Waals surface area contributed by atoms with E-state index >= 15 is 0 Å². The normalized spacial score (nSPS) is 5.00. The van der Waals surface area contributed by atoms with Gasteiger partial charge in [0.2, 0.25) is 0 Å². The van der Waals surface area contributed by atoms with E-state index in [0.717, 1.165) is 0 Å². The van der Waals surface area contributed by atoms with Crippen molar-refractivity contribution in [3.8, 4) is 0 Å². The van der Waals surface area contributed by atoms with Crippen LogP contribution in [0.3, 0.4) is 0 Å². The van der Waals surface area contributed by atoms with E-state index in [-0.39, 0.29) is 30.5 Å². The van der Waals surface area contributed by atoms with Gasteiger partial charge in [0.25, 0.3) is 0 Å². The van der Waals surface area contributed by atoms with Crippen molar-refractivity contribution in [2.45, 2.75) is 27.7 Å². The van der Waals surface area contributed by atoms with Gasteiger partial charge in [-0.25, -0.2) is 0 Å². The van der Waals surface area contributed by atoms with E-state index in [1.807, 2.05) is 58.0 Å². The molecular weight excluding hydrogens is 156 g/mol. The van der Waals surface area contributed by atoms with Gasteiger partial charge in [0.15, 0.2) is 0 Å². The minimum Gasteiger partial charge on any atom is -0.358 e. The van der Waals surface area contributed by atoms with Crippen molar-refractivity contribution in [2.24, 2.45) is 0 Å². The predicted molar refractivity (Wildman–Crippen MR) is 60.1 cm³/mol. The predicted octanol–water partition coefficient (Wildman–Crippen LogP) is 3.61. The molecule has 0 aliphatic carbocycles. The third-order valence-electron chi connectivity index (χ3n) is 0.607. The summed E-state index contributed by atoms with van der Waals surface area (Å²) in [6.45, 7) is 8.00. The van der Waals surface area contributed by atoms with Crippen molar-refractivity contribution in [1.29, 1.82) is 0 Å². The number of hydrogen-bond acceptors (Lipinski definition) is 0. The monoisotopic (exact) mass is 176 g/mol. The van der Waals surface area contributed by atoms with Crippen LogP contribution >= 0.6 is 0 Å². The van der Waals surface area contributed by atoms with Crippen molar-refractivity contribution in [3.63, 3.8) is 0 Å². The van der Waals surface area contributed by atoms with Gasteiger partial charge in [-0.15, -0.1) is 0 Å². The van der Waals surface area contributed by atoms with Crippen LogP contribution in [0.2, 0.25) is 0 Å². The molecule has 66 valence electrons. The quantitative estimate of drug-likeness (QED) is 0.419. The molecule has 0 nitrogen and oxygen atoms in total. The van der Waals surface area contributed by atoms with Crippen LogP contribution in [0.25, 0.3) is 0 Å². The summed E-state index contributed by atoms with van der Waals surface area (Å²) in [6, 6.07) is 12.5. The Balaban J connectivity index is -0.0000000480. The molecular formula is C11H20Mg. The first kappa shape index (κ1) is 22.7. The first-order chi connectivity index (χ1) is 5.00. The van der Waals surface area contributed by atoms with Crippen molar-refractivity contribution in [2.75, 3.05) is 0 Å². The molecule has 1 aromatic carbocycles. The van der Waals surface area contributed by atoms with Gasteiger partial charge in [0.05, 0.1) is 0 Å². The minimum atomic E-state index is 0. The number of hydrogen-bond donors (Lipinski definition) is 0. The standard InChI is InChI=1S/C6H5.2C2H6.CH3.Mg/c1-2-4-6-5-3-1;2*1-2;;/h1-5H;2*1-2H3;1H3;/q-1;;;-1;+2. The Morgan fingerprint density at radius 1 is 0.750 bits per heavy atom. The summed E-state index contributed by atoms with van der Waals surface area (Å²) < 4.78 is 0. The van der Waals surface area contributed by atoms with Crippen LogP contribution in [-0.4, -0.2) is 23.1 Å². The first-order valence-corrected chi connectivity index (χ1v) is 3.91. The van der Waals surface area contributed by atoms with Crippen molar-refractivity contribution in [1.82, 2.24) is 0 Å². The van der Waals surface area contributed by atoms with Crippen LogP contribution in [0.4, 0.5) is 0 Å². The van der Waals surface area contributed by atoms with Crippen LogP contribution < -0.4 is 0 Å². The fourth-order valence-corrected chi connectivity index (χ4v) is 0.342. The Labute approximate surface area is 94.5 Å². The molecule has 0 aliphatic heterocycles.